The van der Waals surface area contributed by atoms with Gasteiger partial charge < -0.3 is 10.6 Å². The Kier molecular flexibility index (Phi) is 6.57. The predicted octanol–water partition coefficient (Wildman–Crippen LogP) is -0.320. The molecule has 6 nitrogen and oxygen atoms in total. The Bertz CT molecular complexity index is 381. The van der Waals surface area contributed by atoms with Crippen molar-refractivity contribution in [3.05, 3.63) is 0 Å². The van der Waals surface area contributed by atoms with Crippen LogP contribution < -0.4 is 10.6 Å². The fourth-order valence-corrected chi connectivity index (χ4v) is 3.11. The number of nitrogens with one attached hydrogen (secondary N) is 2. The van der Waals surface area contributed by atoms with Crippen LogP contribution in [0.15, 0.2) is 4.99 Å². The highest BCUT2D eigenvalue weighted by molar-refractivity contribution is 7.91. The van der Waals surface area contributed by atoms with Crippen LogP contribution in [0.4, 0.5) is 0 Å². The number of guanidine groups is 1. The van der Waals surface area contributed by atoms with Gasteiger partial charge in [-0.25, -0.2) is 8.42 Å². The van der Waals surface area contributed by atoms with Crippen molar-refractivity contribution in [1.82, 2.24) is 15.5 Å². The summed E-state index contributed by atoms with van der Waals surface area (Å²) in [4.78, 5) is 6.33. The summed E-state index contributed by atoms with van der Waals surface area (Å²) in [5, 5.41) is 6.54. The smallest absolute Gasteiger partial charge is 0.191 e. The first kappa shape index (κ1) is 16.2. The molecule has 0 radical (unpaired) electrons. The second kappa shape index (κ2) is 7.69. The van der Waals surface area contributed by atoms with E-state index in [1.54, 1.807) is 7.05 Å². The molecule has 7 heteroatoms. The monoisotopic (exact) mass is 290 g/mol. The average molecular weight is 290 g/mol. The molecule has 0 spiro atoms. The Hall–Kier alpha value is -0.820. The van der Waals surface area contributed by atoms with E-state index >= 15 is 0 Å². The molecule has 0 aliphatic carbocycles. The van der Waals surface area contributed by atoms with Gasteiger partial charge in [0.25, 0.3) is 0 Å². The Morgan fingerprint density at radius 2 is 2.00 bits per heavy atom. The molecule has 0 aromatic heterocycles. The highest BCUT2D eigenvalue weighted by atomic mass is 32.2. The van der Waals surface area contributed by atoms with Gasteiger partial charge in [0, 0.05) is 39.3 Å². The van der Waals surface area contributed by atoms with Crippen molar-refractivity contribution in [1.29, 1.82) is 0 Å². The minimum atomic E-state index is -2.78. The standard InChI is InChI=1S/C12H26N4O2S/c1-4-11(2)15-12(13-3)14-5-6-16-7-9-19(17,18)10-8-16/h11H,4-10H2,1-3H3,(H2,13,14,15). The third-order valence-corrected chi connectivity index (χ3v) is 4.99. The van der Waals surface area contributed by atoms with Crippen LogP contribution in [0.2, 0.25) is 0 Å². The van der Waals surface area contributed by atoms with Crippen LogP contribution in [-0.4, -0.2) is 70.1 Å². The number of rotatable bonds is 5. The van der Waals surface area contributed by atoms with E-state index in [2.05, 4.69) is 34.4 Å². The first-order chi connectivity index (χ1) is 8.96. The Balaban J connectivity index is 2.23. The van der Waals surface area contributed by atoms with Crippen LogP contribution in [-0.2, 0) is 9.84 Å². The maximum absolute atomic E-state index is 11.3. The van der Waals surface area contributed by atoms with Crippen LogP contribution in [0.5, 0.6) is 0 Å². The quantitative estimate of drug-likeness (QED) is 0.536. The van der Waals surface area contributed by atoms with Gasteiger partial charge in [0.05, 0.1) is 11.5 Å². The third kappa shape index (κ3) is 6.24. The van der Waals surface area contributed by atoms with Crippen molar-refractivity contribution < 1.29 is 8.42 Å². The molecule has 1 fully saturated rings. The fourth-order valence-electron chi connectivity index (χ4n) is 1.84. The summed E-state index contributed by atoms with van der Waals surface area (Å²) in [5.41, 5.74) is 0. The van der Waals surface area contributed by atoms with Crippen molar-refractivity contribution in [3.63, 3.8) is 0 Å². The molecule has 2 N–H and O–H groups in total. The van der Waals surface area contributed by atoms with E-state index in [9.17, 15) is 8.42 Å². The average Bonchev–Trinajstić information content (AvgIpc) is 2.39. The largest absolute Gasteiger partial charge is 0.355 e. The molecule has 1 unspecified atom stereocenters. The van der Waals surface area contributed by atoms with Crippen LogP contribution in [0, 0.1) is 0 Å². The van der Waals surface area contributed by atoms with E-state index in [4.69, 9.17) is 0 Å². The van der Waals surface area contributed by atoms with E-state index < -0.39 is 9.84 Å². The lowest BCUT2D eigenvalue weighted by Gasteiger charge is -2.27. The van der Waals surface area contributed by atoms with E-state index in [1.807, 2.05) is 0 Å². The van der Waals surface area contributed by atoms with Crippen LogP contribution in [0.3, 0.4) is 0 Å². The summed E-state index contributed by atoms with van der Waals surface area (Å²) in [6, 6.07) is 0.395. The molecule has 0 bridgehead atoms. The van der Waals surface area contributed by atoms with Crippen molar-refractivity contribution in [3.8, 4) is 0 Å². The van der Waals surface area contributed by atoms with Crippen molar-refractivity contribution in [2.24, 2.45) is 4.99 Å². The van der Waals surface area contributed by atoms with Gasteiger partial charge in [0.1, 0.15) is 0 Å². The van der Waals surface area contributed by atoms with E-state index in [-0.39, 0.29) is 11.5 Å². The van der Waals surface area contributed by atoms with Gasteiger partial charge in [-0.2, -0.15) is 0 Å². The van der Waals surface area contributed by atoms with Gasteiger partial charge in [-0.1, -0.05) is 6.92 Å². The molecule has 1 aliphatic heterocycles. The molecule has 1 aliphatic rings. The molecule has 0 aromatic carbocycles. The zero-order valence-corrected chi connectivity index (χ0v) is 13.0. The lowest BCUT2D eigenvalue weighted by molar-refractivity contribution is 0.299. The molecule has 1 saturated heterocycles. The van der Waals surface area contributed by atoms with Gasteiger partial charge >= 0.3 is 0 Å². The van der Waals surface area contributed by atoms with Crippen LogP contribution >= 0.6 is 0 Å². The number of sulfone groups is 1. The molecule has 1 atom stereocenters. The summed E-state index contributed by atoms with van der Waals surface area (Å²) in [6.45, 7) is 7.14. The molecule has 19 heavy (non-hydrogen) atoms. The highest BCUT2D eigenvalue weighted by Crippen LogP contribution is 2.02. The van der Waals surface area contributed by atoms with Crippen molar-refractivity contribution >= 4 is 15.8 Å². The molecular weight excluding hydrogens is 264 g/mol. The van der Waals surface area contributed by atoms with Crippen molar-refractivity contribution in [2.45, 2.75) is 26.3 Å². The summed E-state index contributed by atoms with van der Waals surface area (Å²) >= 11 is 0. The zero-order valence-electron chi connectivity index (χ0n) is 12.1. The molecule has 0 aromatic rings. The summed E-state index contributed by atoms with van der Waals surface area (Å²) in [5.74, 6) is 1.37. The molecule has 0 saturated carbocycles. The first-order valence-electron chi connectivity index (χ1n) is 6.87. The fraction of sp³-hybridized carbons (Fsp3) is 0.917. The molecular formula is C12H26N4O2S. The van der Waals surface area contributed by atoms with E-state index in [0.717, 1.165) is 25.5 Å². The molecule has 1 rings (SSSR count). The number of hydrogen-bond donors (Lipinski definition) is 2. The number of nitrogens with zero attached hydrogens (tertiary/aromatic N) is 2. The van der Waals surface area contributed by atoms with Gasteiger partial charge in [-0.05, 0) is 13.3 Å². The van der Waals surface area contributed by atoms with Gasteiger partial charge in [0.15, 0.2) is 15.8 Å². The maximum atomic E-state index is 11.3. The minimum absolute atomic E-state index is 0.285. The topological polar surface area (TPSA) is 73.8 Å². The Morgan fingerprint density at radius 3 is 2.53 bits per heavy atom. The number of hydrogen-bond acceptors (Lipinski definition) is 4. The summed E-state index contributed by atoms with van der Waals surface area (Å²) in [7, 11) is -1.02. The highest BCUT2D eigenvalue weighted by Gasteiger charge is 2.20. The Labute approximate surface area is 116 Å². The van der Waals surface area contributed by atoms with Gasteiger partial charge in [-0.3, -0.25) is 9.89 Å². The third-order valence-electron chi connectivity index (χ3n) is 3.38. The van der Waals surface area contributed by atoms with E-state index in [1.165, 1.54) is 0 Å². The minimum Gasteiger partial charge on any atom is -0.355 e. The van der Waals surface area contributed by atoms with Gasteiger partial charge in [-0.15, -0.1) is 0 Å². The summed E-state index contributed by atoms with van der Waals surface area (Å²) < 4.78 is 22.6. The number of aliphatic imine (C=N–C) groups is 1. The molecule has 1 heterocycles. The SMILES string of the molecule is CCC(C)NC(=NC)NCCN1CCS(=O)(=O)CC1. The zero-order chi connectivity index (χ0) is 14.3. The predicted molar refractivity (Wildman–Crippen MR) is 79.3 cm³/mol. The lowest BCUT2D eigenvalue weighted by Crippen LogP contribution is -2.47. The van der Waals surface area contributed by atoms with Crippen molar-refractivity contribution in [2.75, 3.05) is 44.7 Å². The summed E-state index contributed by atoms with van der Waals surface area (Å²) in [6.07, 6.45) is 1.05. The second-order valence-corrected chi connectivity index (χ2v) is 7.25. The molecule has 0 amide bonds. The van der Waals surface area contributed by atoms with E-state index in [0.29, 0.717) is 19.1 Å². The maximum Gasteiger partial charge on any atom is 0.191 e. The molecule has 112 valence electrons. The normalized spacial score (nSPS) is 21.9. The lowest BCUT2D eigenvalue weighted by atomic mass is 10.3. The second-order valence-electron chi connectivity index (χ2n) is 4.95. The van der Waals surface area contributed by atoms with Gasteiger partial charge in [0.2, 0.25) is 0 Å². The Morgan fingerprint density at radius 1 is 1.37 bits per heavy atom. The first-order valence-corrected chi connectivity index (χ1v) is 8.69. The van der Waals surface area contributed by atoms with Crippen LogP contribution in [0.1, 0.15) is 20.3 Å². The van der Waals surface area contributed by atoms with Crippen LogP contribution in [0.25, 0.3) is 0 Å².